The number of Topliss-reactive ketones (excluding diaryl/α,β-unsaturated/α-hetero) is 1. The first-order chi connectivity index (χ1) is 61.9. The summed E-state index contributed by atoms with van der Waals surface area (Å²) in [6.07, 6.45) is 4.75. The molecule has 0 amide bonds. The van der Waals surface area contributed by atoms with Crippen LogP contribution in [0.2, 0.25) is 0 Å². The number of nitrogens with one attached hydrogen (secondary N) is 2. The Labute approximate surface area is 745 Å². The van der Waals surface area contributed by atoms with E-state index in [-0.39, 0.29) is 138 Å². The number of aromatic hydroxyl groups is 24. The maximum Gasteiger partial charge on any atom is 0.195 e. The van der Waals surface area contributed by atoms with Crippen LogP contribution in [0.25, 0.3) is 22.4 Å². The Morgan fingerprint density at radius 2 is 0.638 bits per heavy atom. The van der Waals surface area contributed by atoms with E-state index in [1.807, 2.05) is 12.1 Å². The van der Waals surface area contributed by atoms with Gasteiger partial charge in [-0.2, -0.15) is 5.26 Å². The summed E-state index contributed by atoms with van der Waals surface area (Å²) in [6, 6.07) is 58.0. The Bertz CT molecular complexity index is 5930. The van der Waals surface area contributed by atoms with E-state index < -0.39 is 23.4 Å². The van der Waals surface area contributed by atoms with Gasteiger partial charge >= 0.3 is 0 Å². The zero-order valence-corrected chi connectivity index (χ0v) is 70.1. The van der Waals surface area contributed by atoms with Crippen LogP contribution in [0.4, 0.5) is 0 Å². The predicted octanol–water partition coefficient (Wildman–Crippen LogP) is 13.8. The lowest BCUT2D eigenvalue weighted by atomic mass is 9.90. The van der Waals surface area contributed by atoms with Crippen molar-refractivity contribution in [2.45, 2.75) is 96.2 Å². The van der Waals surface area contributed by atoms with Crippen molar-refractivity contribution in [3.63, 3.8) is 0 Å². The number of nitriles is 1. The first-order valence-electron chi connectivity index (χ1n) is 40.7. The fraction of sp³-hybridized carbons (Fsp3) is 0.194. The fourth-order valence-corrected chi connectivity index (χ4v) is 14.0. The monoisotopic (exact) mass is 1780 g/mol. The topological polar surface area (TPSA) is 590 Å². The van der Waals surface area contributed by atoms with Crippen molar-refractivity contribution in [1.82, 2.24) is 25.4 Å². The maximum atomic E-state index is 12.0. The third-order valence-corrected chi connectivity index (χ3v) is 21.3. The largest absolute Gasteiger partial charge is 0.504 e. The van der Waals surface area contributed by atoms with Gasteiger partial charge in [-0.3, -0.25) is 19.6 Å². The molecule has 1 aliphatic heterocycles. The zero-order valence-electron chi connectivity index (χ0n) is 70.1. The molecule has 1 saturated heterocycles. The molecule has 13 aromatic rings. The molecule has 3 atom stereocenters. The van der Waals surface area contributed by atoms with Gasteiger partial charge in [0.05, 0.1) is 17.0 Å². The van der Waals surface area contributed by atoms with E-state index in [9.17, 15) is 122 Å². The van der Waals surface area contributed by atoms with Crippen LogP contribution in [0, 0.1) is 18.3 Å². The number of phenolic OH excluding ortho intramolecular Hbond substituents is 24. The van der Waals surface area contributed by atoms with Crippen LogP contribution in [-0.4, -0.2) is 186 Å². The Kier molecular flexibility index (Phi) is 33.1. The van der Waals surface area contributed by atoms with Gasteiger partial charge in [0.15, 0.2) is 144 Å². The average Bonchev–Trinajstić information content (AvgIpc) is 0.784. The SMILES string of the molecule is Cc1nc(-c2ccc(O)c(O)c2)cc(-c2ccc(O)c(O)c2)c1C#N.O=C(c1ccc(O)c(O)c1)C(O)c1ccc(O)c(O)c1.Oc1ccc(CCc2ccc(O)c(O)c2)cc1O.Oc1ccc(CN2CCN(Cc3ccc(O)c(O)c3)CC2)cc1O.Oc1ccc(CNC2CCCC[C@H]2NCc2ccc(O)c(O)c2)cc1O.Oc1ccc(Cc2ccc(O)c(O)c2)cc1O. The summed E-state index contributed by atoms with van der Waals surface area (Å²) >= 11 is 0. The zero-order chi connectivity index (χ0) is 94.2. The summed E-state index contributed by atoms with van der Waals surface area (Å²) in [7, 11) is 0. The number of rotatable bonds is 20. The first kappa shape index (κ1) is 96.2. The standard InChI is InChI=1S/C20H26N2O4.C19H14N2O4.C18H22N2O4.C14H12O6.C14H14O4.C13H12O4/c23-17-7-5-13(9-19(17)25)11-21-15-3-1-2-4-16(15)22-12-14-6-8-18(24)20(26)10-14;1-10-14(9-20)13(11-2-4-16(22)18(24)6-11)8-15(21-10)12-3-5-17(23)19(25)7-12;21-15-3-1-13(9-17(15)23)11-19-5-7-20(8-6-19)12-14-2-4-16(22)18(24)10-14;15-9-3-1-7(5-11(9)17)13(19)14(20)8-2-4-10(16)12(18)6-8;15-11-5-3-9(7-13(11)17)1-2-10-4-6-12(16)14(18)8-10;14-10-3-1-8(6-12(10)16)5-9-2-4-11(15)13(17)7-9/h5-10,15-16,21-26H,1-4,11-12H2;2-8,22-25H,1H3;1-4,9-10,21-24H,5-8,11-12H2;1-6,13,15-19H;3-8,15-18H,1-2H2;1-4,6-7,14-17H,5H2/t15-,16?;;;;;/m1...../s1. The van der Waals surface area contributed by atoms with Crippen LogP contribution in [0.1, 0.15) is 103 Å². The van der Waals surface area contributed by atoms with E-state index >= 15 is 0 Å². The van der Waals surface area contributed by atoms with Crippen LogP contribution in [0.3, 0.4) is 0 Å². The highest BCUT2D eigenvalue weighted by molar-refractivity contribution is 6.00. The highest BCUT2D eigenvalue weighted by atomic mass is 16.3. The summed E-state index contributed by atoms with van der Waals surface area (Å²) in [5, 5.41) is 252. The number of piperazine rings is 1. The van der Waals surface area contributed by atoms with E-state index in [1.54, 1.807) is 85.8 Å². The van der Waals surface area contributed by atoms with Crippen molar-refractivity contribution < 1.29 is 132 Å². The highest BCUT2D eigenvalue weighted by Crippen LogP contribution is 2.40. The predicted molar refractivity (Wildman–Crippen MR) is 479 cm³/mol. The maximum absolute atomic E-state index is 12.0. The molecular formula is C98H100N6O26. The number of carbonyl (C=O) groups excluding carboxylic acids is 1. The molecule has 32 heteroatoms. The second-order valence-corrected chi connectivity index (χ2v) is 30.8. The number of hydrogen-bond acceptors (Lipinski definition) is 32. The number of phenols is 24. The van der Waals surface area contributed by atoms with Crippen LogP contribution in [-0.2, 0) is 45.4 Å². The van der Waals surface area contributed by atoms with Crippen LogP contribution in [0.15, 0.2) is 224 Å². The lowest BCUT2D eigenvalue weighted by Crippen LogP contribution is -2.49. The normalized spacial score (nSPS) is 13.7. The van der Waals surface area contributed by atoms with E-state index in [1.165, 1.54) is 122 Å². The number of pyridine rings is 1. The molecule has 12 aromatic carbocycles. The molecule has 1 aliphatic carbocycles. The Morgan fingerprint density at radius 3 is 1.00 bits per heavy atom. The number of benzene rings is 12. The van der Waals surface area contributed by atoms with Gasteiger partial charge in [-0.1, -0.05) is 73.5 Å². The smallest absolute Gasteiger partial charge is 0.195 e. The van der Waals surface area contributed by atoms with Gasteiger partial charge in [0, 0.05) is 81.1 Å². The molecule has 32 nitrogen and oxygen atoms in total. The second kappa shape index (κ2) is 44.7. The number of aliphatic hydroxyl groups is 1. The number of carbonyl (C=O) groups is 1. The molecule has 678 valence electrons. The second-order valence-electron chi connectivity index (χ2n) is 30.8. The summed E-state index contributed by atoms with van der Waals surface area (Å²) in [6.45, 7) is 8.04. The Morgan fingerprint density at radius 1 is 0.346 bits per heavy atom. The molecule has 0 radical (unpaired) electrons. The van der Waals surface area contributed by atoms with Crippen molar-refractivity contribution in [1.29, 1.82) is 5.26 Å². The molecule has 2 heterocycles. The van der Waals surface area contributed by atoms with Gasteiger partial charge in [0.1, 0.15) is 12.2 Å². The van der Waals surface area contributed by atoms with E-state index in [0.29, 0.717) is 78.1 Å². The summed E-state index contributed by atoms with van der Waals surface area (Å²) in [5.41, 5.74) is 10.2. The summed E-state index contributed by atoms with van der Waals surface area (Å²) in [4.78, 5) is 21.0. The molecule has 2 aliphatic rings. The minimum absolute atomic E-state index is 0.000338. The summed E-state index contributed by atoms with van der Waals surface area (Å²) < 4.78 is 0. The van der Waals surface area contributed by atoms with Gasteiger partial charge in [-0.05, 0) is 258 Å². The minimum Gasteiger partial charge on any atom is -0.504 e. The number of hydrogen-bond donors (Lipinski definition) is 27. The first-order valence-corrected chi connectivity index (χ1v) is 40.7. The highest BCUT2D eigenvalue weighted by Gasteiger charge is 2.27. The number of nitrogens with zero attached hydrogens (tertiary/aromatic N) is 4. The number of aromatic nitrogens is 1. The lowest BCUT2D eigenvalue weighted by Gasteiger charge is -2.34. The molecule has 2 unspecified atom stereocenters. The molecular weight excluding hydrogens is 1680 g/mol. The number of aliphatic hydroxyl groups excluding tert-OH is 1. The molecule has 27 N–H and O–H groups in total. The third-order valence-electron chi connectivity index (χ3n) is 21.3. The van der Waals surface area contributed by atoms with Crippen molar-refractivity contribution in [2.24, 2.45) is 0 Å². The van der Waals surface area contributed by atoms with Crippen molar-refractivity contribution in [2.75, 3.05) is 26.2 Å². The van der Waals surface area contributed by atoms with Crippen LogP contribution in [0.5, 0.6) is 138 Å². The van der Waals surface area contributed by atoms with E-state index in [2.05, 4.69) is 31.5 Å². The fourth-order valence-electron chi connectivity index (χ4n) is 14.0. The van der Waals surface area contributed by atoms with Crippen LogP contribution >= 0.6 is 0 Å². The van der Waals surface area contributed by atoms with E-state index in [4.69, 9.17) is 15.3 Å². The Hall–Kier alpha value is -16.1. The van der Waals surface area contributed by atoms with Crippen LogP contribution < -0.4 is 10.6 Å². The Balaban J connectivity index is 0.000000163. The molecule has 0 spiro atoms. The van der Waals surface area contributed by atoms with Gasteiger partial charge in [0.25, 0.3) is 0 Å². The molecule has 1 saturated carbocycles. The minimum atomic E-state index is -1.56. The molecule has 1 aromatic heterocycles. The van der Waals surface area contributed by atoms with Gasteiger partial charge in [-0.15, -0.1) is 0 Å². The third kappa shape index (κ3) is 27.0. The lowest BCUT2D eigenvalue weighted by molar-refractivity contribution is 0.0746. The van der Waals surface area contributed by atoms with Gasteiger partial charge in [-0.25, -0.2) is 0 Å². The van der Waals surface area contributed by atoms with Crippen molar-refractivity contribution >= 4 is 5.78 Å². The molecule has 130 heavy (non-hydrogen) atoms. The quantitative estimate of drug-likeness (QED) is 0.0249. The van der Waals surface area contributed by atoms with Crippen molar-refractivity contribution in [3.8, 4) is 166 Å². The number of aryl methyl sites for hydroxylation is 3. The average molecular weight is 1780 g/mol. The summed E-state index contributed by atoms with van der Waals surface area (Å²) in [5.74, 6) is -5.46. The molecule has 15 rings (SSSR count). The van der Waals surface area contributed by atoms with Gasteiger partial charge in [0.2, 0.25) is 0 Å². The molecule has 0 bridgehead atoms. The molecule has 2 fully saturated rings. The number of ketones is 1. The van der Waals surface area contributed by atoms with Gasteiger partial charge < -0.3 is 138 Å². The van der Waals surface area contributed by atoms with Crippen molar-refractivity contribution in [3.05, 3.63) is 291 Å². The van der Waals surface area contributed by atoms with E-state index in [0.717, 1.165) is 121 Å².